The van der Waals surface area contributed by atoms with Gasteiger partial charge in [0.05, 0.1) is 16.5 Å². The third kappa shape index (κ3) is 7.41. The topological polar surface area (TPSA) is 111 Å². The number of carbonyl (C=O) groups is 1. The third-order valence-electron chi connectivity index (χ3n) is 5.48. The molecule has 0 amide bonds. The molecule has 0 bridgehead atoms. The molecule has 1 aliphatic rings. The summed E-state index contributed by atoms with van der Waals surface area (Å²) in [6.45, 7) is 1.13. The fourth-order valence-corrected chi connectivity index (χ4v) is 5.21. The summed E-state index contributed by atoms with van der Waals surface area (Å²) in [6.07, 6.45) is 5.92. The van der Waals surface area contributed by atoms with E-state index >= 15 is 0 Å². The predicted molar refractivity (Wildman–Crippen MR) is 126 cm³/mol. The highest BCUT2D eigenvalue weighted by atomic mass is 35.5. The number of nitrogens with zero attached hydrogens (tertiary/aromatic N) is 2. The van der Waals surface area contributed by atoms with Crippen molar-refractivity contribution in [2.75, 3.05) is 6.54 Å². The Hall–Kier alpha value is -2.70. The van der Waals surface area contributed by atoms with E-state index in [1.807, 2.05) is 24.3 Å². The Balaban J connectivity index is 1.70. The van der Waals surface area contributed by atoms with Crippen LogP contribution in [0.25, 0.3) is 0 Å². The Kier molecular flexibility index (Phi) is 8.64. The Morgan fingerprint density at radius 3 is 2.55 bits per heavy atom. The van der Waals surface area contributed by atoms with Gasteiger partial charge in [-0.2, -0.15) is 5.26 Å². The van der Waals surface area contributed by atoms with Crippen molar-refractivity contribution < 1.29 is 18.3 Å². The van der Waals surface area contributed by atoms with Gasteiger partial charge in [-0.25, -0.2) is 13.1 Å². The van der Waals surface area contributed by atoms with Crippen LogP contribution in [0.4, 0.5) is 0 Å². The average Bonchev–Trinajstić information content (AvgIpc) is 3.14. The van der Waals surface area contributed by atoms with Gasteiger partial charge in [0.2, 0.25) is 10.0 Å². The summed E-state index contributed by atoms with van der Waals surface area (Å²) in [5, 5.41) is 18.3. The summed E-state index contributed by atoms with van der Waals surface area (Å²) >= 11 is 5.87. The molecule has 7 nitrogen and oxygen atoms in total. The maximum atomic E-state index is 12.8. The lowest BCUT2D eigenvalue weighted by molar-refractivity contribution is -0.137. The molecule has 2 N–H and O–H groups in total. The van der Waals surface area contributed by atoms with Gasteiger partial charge in [0.25, 0.3) is 0 Å². The van der Waals surface area contributed by atoms with Crippen molar-refractivity contribution in [3.8, 4) is 6.07 Å². The van der Waals surface area contributed by atoms with E-state index in [1.165, 1.54) is 12.1 Å². The minimum Gasteiger partial charge on any atom is -0.481 e. The zero-order valence-corrected chi connectivity index (χ0v) is 19.6. The molecule has 1 aliphatic heterocycles. The number of rotatable bonds is 10. The van der Waals surface area contributed by atoms with E-state index in [9.17, 15) is 13.2 Å². The molecule has 0 radical (unpaired) electrons. The minimum absolute atomic E-state index is 0.00314. The van der Waals surface area contributed by atoms with Gasteiger partial charge in [-0.15, -0.1) is 0 Å². The zero-order valence-electron chi connectivity index (χ0n) is 18.0. The summed E-state index contributed by atoms with van der Waals surface area (Å²) in [4.78, 5) is 13.1. The molecule has 2 aromatic carbocycles. The number of carboxylic acids is 1. The van der Waals surface area contributed by atoms with Crippen molar-refractivity contribution in [3.63, 3.8) is 0 Å². The molecule has 174 valence electrons. The van der Waals surface area contributed by atoms with Crippen LogP contribution in [-0.2, 0) is 21.4 Å². The van der Waals surface area contributed by atoms with Crippen molar-refractivity contribution in [2.45, 2.75) is 49.2 Å². The normalized spacial score (nSPS) is 19.0. The highest BCUT2D eigenvalue weighted by Crippen LogP contribution is 2.24. The molecule has 0 aliphatic carbocycles. The maximum Gasteiger partial charge on any atom is 0.303 e. The Labute approximate surface area is 199 Å². The summed E-state index contributed by atoms with van der Waals surface area (Å²) < 4.78 is 28.5. The van der Waals surface area contributed by atoms with Crippen LogP contribution in [0.5, 0.6) is 0 Å². The number of likely N-dealkylation sites (tertiary alicyclic amines) is 1. The molecule has 0 saturated carbocycles. The number of nitriles is 1. The standard InChI is InChI=1S/C24H26ClN3O4S/c25-20-10-12-23(13-11-20)33(31,32)27-21-14-22(4-2-1-3-5-24(29)30)28(17-21)16-19-8-6-18(15-26)7-9-19/h2,4,6-13,21-22,27H,1,3,5,14,16-17H2,(H,29,30)/t21-,22?/m1/s1. The minimum atomic E-state index is -3.69. The van der Waals surface area contributed by atoms with Crippen molar-refractivity contribution in [1.82, 2.24) is 9.62 Å². The highest BCUT2D eigenvalue weighted by molar-refractivity contribution is 7.89. The van der Waals surface area contributed by atoms with Crippen molar-refractivity contribution in [1.29, 1.82) is 5.26 Å². The van der Waals surface area contributed by atoms with Crippen LogP contribution < -0.4 is 4.72 Å². The monoisotopic (exact) mass is 487 g/mol. The maximum absolute atomic E-state index is 12.8. The number of benzene rings is 2. The molecular formula is C24H26ClN3O4S. The second-order valence-corrected chi connectivity index (χ2v) is 10.2. The molecule has 33 heavy (non-hydrogen) atoms. The van der Waals surface area contributed by atoms with E-state index in [0.29, 0.717) is 42.9 Å². The smallest absolute Gasteiger partial charge is 0.303 e. The lowest BCUT2D eigenvalue weighted by Crippen LogP contribution is -2.37. The number of hydrogen-bond donors (Lipinski definition) is 2. The van der Waals surface area contributed by atoms with E-state index in [2.05, 4.69) is 15.7 Å². The van der Waals surface area contributed by atoms with Crippen LogP contribution in [0.3, 0.4) is 0 Å². The first kappa shape index (κ1) is 24.9. The SMILES string of the molecule is N#Cc1ccc(CN2C[C@H](NS(=O)(=O)c3ccc(Cl)cc3)CC2C=CCCCC(=O)O)cc1. The van der Waals surface area contributed by atoms with E-state index in [-0.39, 0.29) is 23.4 Å². The second kappa shape index (κ2) is 11.4. The Morgan fingerprint density at radius 2 is 1.91 bits per heavy atom. The van der Waals surface area contributed by atoms with Gasteiger partial charge in [-0.1, -0.05) is 35.9 Å². The largest absolute Gasteiger partial charge is 0.481 e. The molecule has 9 heteroatoms. The molecule has 2 atom stereocenters. The van der Waals surface area contributed by atoms with E-state index < -0.39 is 16.0 Å². The van der Waals surface area contributed by atoms with E-state index in [4.69, 9.17) is 22.0 Å². The van der Waals surface area contributed by atoms with Crippen LogP contribution in [0.15, 0.2) is 65.6 Å². The number of sulfonamides is 1. The summed E-state index contributed by atoms with van der Waals surface area (Å²) in [7, 11) is -3.69. The van der Waals surface area contributed by atoms with Crippen LogP contribution in [0.1, 0.15) is 36.8 Å². The Morgan fingerprint density at radius 1 is 1.21 bits per heavy atom. The molecule has 1 saturated heterocycles. The fraction of sp³-hybridized carbons (Fsp3) is 0.333. The van der Waals surface area contributed by atoms with E-state index in [1.54, 1.807) is 24.3 Å². The molecule has 2 aromatic rings. The first-order chi connectivity index (χ1) is 15.8. The third-order valence-corrected chi connectivity index (χ3v) is 7.27. The molecular weight excluding hydrogens is 462 g/mol. The van der Waals surface area contributed by atoms with Crippen LogP contribution in [-0.4, -0.2) is 43.0 Å². The summed E-state index contributed by atoms with van der Waals surface area (Å²) in [6, 6.07) is 15.2. The molecule has 0 spiro atoms. The van der Waals surface area contributed by atoms with Crippen molar-refractivity contribution >= 4 is 27.6 Å². The van der Waals surface area contributed by atoms with Gasteiger partial charge in [-0.3, -0.25) is 9.69 Å². The van der Waals surface area contributed by atoms with Crippen molar-refractivity contribution in [2.24, 2.45) is 0 Å². The van der Waals surface area contributed by atoms with Crippen LogP contribution in [0.2, 0.25) is 5.02 Å². The number of allylic oxidation sites excluding steroid dienone is 1. The first-order valence-electron chi connectivity index (χ1n) is 10.7. The lowest BCUT2D eigenvalue weighted by atomic mass is 10.1. The Bertz CT molecular complexity index is 1130. The van der Waals surface area contributed by atoms with Gasteiger partial charge in [-0.05, 0) is 61.2 Å². The fourth-order valence-electron chi connectivity index (χ4n) is 3.85. The number of aliphatic carboxylic acids is 1. The number of carboxylic acid groups (broad SMARTS) is 1. The molecule has 1 fully saturated rings. The van der Waals surface area contributed by atoms with Gasteiger partial charge in [0.15, 0.2) is 0 Å². The second-order valence-electron chi connectivity index (χ2n) is 8.03. The predicted octanol–water partition coefficient (Wildman–Crippen LogP) is 3.94. The first-order valence-corrected chi connectivity index (χ1v) is 12.5. The van der Waals surface area contributed by atoms with Gasteiger partial charge in [0.1, 0.15) is 0 Å². The van der Waals surface area contributed by atoms with Crippen LogP contribution in [0, 0.1) is 11.3 Å². The molecule has 3 rings (SSSR count). The zero-order chi connectivity index (χ0) is 23.8. The lowest BCUT2D eigenvalue weighted by Gasteiger charge is -2.22. The average molecular weight is 488 g/mol. The molecule has 1 heterocycles. The highest BCUT2D eigenvalue weighted by Gasteiger charge is 2.33. The van der Waals surface area contributed by atoms with Gasteiger partial charge >= 0.3 is 5.97 Å². The number of unbranched alkanes of at least 4 members (excludes halogenated alkanes) is 1. The van der Waals surface area contributed by atoms with Crippen LogP contribution >= 0.6 is 11.6 Å². The summed E-state index contributed by atoms with van der Waals surface area (Å²) in [5.74, 6) is -0.816. The number of hydrogen-bond acceptors (Lipinski definition) is 5. The quantitative estimate of drug-likeness (QED) is 0.388. The molecule has 1 unspecified atom stereocenters. The van der Waals surface area contributed by atoms with E-state index in [0.717, 1.165) is 5.56 Å². The summed E-state index contributed by atoms with van der Waals surface area (Å²) in [5.41, 5.74) is 1.61. The van der Waals surface area contributed by atoms with Crippen molar-refractivity contribution in [3.05, 3.63) is 76.8 Å². The van der Waals surface area contributed by atoms with Gasteiger partial charge < -0.3 is 5.11 Å². The number of nitrogens with one attached hydrogen (secondary N) is 1. The number of halogens is 1. The molecule has 0 aromatic heterocycles. The van der Waals surface area contributed by atoms with Gasteiger partial charge in [0, 0.05) is 36.6 Å².